The van der Waals surface area contributed by atoms with E-state index in [2.05, 4.69) is 0 Å². The summed E-state index contributed by atoms with van der Waals surface area (Å²) >= 11 is 5.79. The van der Waals surface area contributed by atoms with Crippen LogP contribution in [0.1, 0.15) is 24.8 Å². The van der Waals surface area contributed by atoms with Gasteiger partial charge < -0.3 is 4.74 Å². The Kier molecular flexibility index (Phi) is 2.46. The summed E-state index contributed by atoms with van der Waals surface area (Å²) in [4.78, 5) is 11.1. The molecule has 2 nitrogen and oxygen atoms in total. The lowest BCUT2D eigenvalue weighted by Gasteiger charge is -2.12. The molecule has 0 spiro atoms. The number of rotatable bonds is 1. The quantitative estimate of drug-likeness (QED) is 0.667. The first-order valence-corrected chi connectivity index (χ1v) is 4.99. The molecule has 74 valence electrons. The second kappa shape index (κ2) is 3.62. The molecular formula is C11H11ClO2. The third-order valence-corrected chi connectivity index (χ3v) is 2.82. The lowest BCUT2D eigenvalue weighted by Crippen LogP contribution is -2.09. The molecule has 3 heteroatoms. The van der Waals surface area contributed by atoms with Crippen molar-refractivity contribution in [3.05, 3.63) is 34.9 Å². The van der Waals surface area contributed by atoms with Crippen LogP contribution in [0.4, 0.5) is 0 Å². The normalized spacial score (nSPS) is 26.3. The van der Waals surface area contributed by atoms with Crippen molar-refractivity contribution in [2.24, 2.45) is 0 Å². The highest BCUT2D eigenvalue weighted by Crippen LogP contribution is 2.32. The van der Waals surface area contributed by atoms with E-state index in [1.54, 1.807) is 0 Å². The van der Waals surface area contributed by atoms with Crippen molar-refractivity contribution in [1.82, 2.24) is 0 Å². The first kappa shape index (κ1) is 9.53. The molecule has 0 aliphatic carbocycles. The summed E-state index contributed by atoms with van der Waals surface area (Å²) < 4.78 is 5.09. The van der Waals surface area contributed by atoms with Gasteiger partial charge in [0.15, 0.2) is 0 Å². The van der Waals surface area contributed by atoms with Crippen molar-refractivity contribution >= 4 is 17.6 Å². The molecule has 1 saturated heterocycles. The zero-order valence-electron chi connectivity index (χ0n) is 7.87. The number of benzene rings is 1. The van der Waals surface area contributed by atoms with Crippen LogP contribution in [-0.2, 0) is 9.53 Å². The molecule has 2 atom stereocenters. The minimum Gasteiger partial charge on any atom is -0.462 e. The molecule has 1 aliphatic rings. The van der Waals surface area contributed by atoms with E-state index in [1.165, 1.54) is 0 Å². The molecule has 1 aromatic rings. The average molecular weight is 211 g/mol. The molecular weight excluding hydrogens is 200 g/mol. The van der Waals surface area contributed by atoms with E-state index in [1.807, 2.05) is 31.2 Å². The number of halogens is 1. The van der Waals surface area contributed by atoms with Gasteiger partial charge in [-0.2, -0.15) is 0 Å². The zero-order chi connectivity index (χ0) is 10.1. The van der Waals surface area contributed by atoms with E-state index in [4.69, 9.17) is 16.3 Å². The lowest BCUT2D eigenvalue weighted by atomic mass is 9.93. The number of carbonyl (C=O) groups is 1. The highest BCUT2D eigenvalue weighted by Gasteiger charge is 2.32. The molecule has 0 amide bonds. The zero-order valence-corrected chi connectivity index (χ0v) is 8.62. The highest BCUT2D eigenvalue weighted by molar-refractivity contribution is 6.30. The third-order valence-electron chi connectivity index (χ3n) is 2.57. The van der Waals surface area contributed by atoms with Crippen LogP contribution in [0.25, 0.3) is 0 Å². The number of esters is 1. The van der Waals surface area contributed by atoms with Crippen molar-refractivity contribution in [3.63, 3.8) is 0 Å². The third kappa shape index (κ3) is 1.75. The number of hydrogen-bond donors (Lipinski definition) is 0. The van der Waals surface area contributed by atoms with Gasteiger partial charge in [-0.3, -0.25) is 4.79 Å². The SMILES string of the molecule is C[C@H]1OC(=O)C[C@@H]1c1ccc(Cl)cc1. The molecule has 1 heterocycles. The van der Waals surface area contributed by atoms with Crippen molar-refractivity contribution < 1.29 is 9.53 Å². The van der Waals surface area contributed by atoms with E-state index < -0.39 is 0 Å². The maximum atomic E-state index is 11.1. The molecule has 1 fully saturated rings. The fourth-order valence-corrected chi connectivity index (χ4v) is 1.91. The molecule has 0 saturated carbocycles. The Morgan fingerprint density at radius 1 is 1.36 bits per heavy atom. The van der Waals surface area contributed by atoms with Gasteiger partial charge in [0.25, 0.3) is 0 Å². The second-order valence-electron chi connectivity index (χ2n) is 3.56. The number of cyclic esters (lactones) is 1. The Morgan fingerprint density at radius 2 is 2.00 bits per heavy atom. The van der Waals surface area contributed by atoms with Crippen LogP contribution in [0.15, 0.2) is 24.3 Å². The molecule has 0 unspecified atom stereocenters. The molecule has 2 rings (SSSR count). The van der Waals surface area contributed by atoms with Crippen LogP contribution < -0.4 is 0 Å². The Morgan fingerprint density at radius 3 is 2.50 bits per heavy atom. The van der Waals surface area contributed by atoms with Crippen LogP contribution in [0, 0.1) is 0 Å². The summed E-state index contributed by atoms with van der Waals surface area (Å²) in [6, 6.07) is 7.58. The minimum absolute atomic E-state index is 0.0244. The minimum atomic E-state index is -0.113. The molecule has 0 aromatic heterocycles. The molecule has 0 N–H and O–H groups in total. The summed E-state index contributed by atoms with van der Waals surface area (Å²) in [5, 5.41) is 0.714. The van der Waals surface area contributed by atoms with E-state index in [9.17, 15) is 4.79 Å². The number of ether oxygens (including phenoxy) is 1. The topological polar surface area (TPSA) is 26.3 Å². The predicted molar refractivity (Wildman–Crippen MR) is 54.4 cm³/mol. The van der Waals surface area contributed by atoms with Crippen molar-refractivity contribution in [3.8, 4) is 0 Å². The van der Waals surface area contributed by atoms with Crippen LogP contribution in [-0.4, -0.2) is 12.1 Å². The molecule has 0 radical (unpaired) electrons. The molecule has 1 aromatic carbocycles. The molecule has 1 aliphatic heterocycles. The van der Waals surface area contributed by atoms with Gasteiger partial charge in [-0.25, -0.2) is 0 Å². The van der Waals surface area contributed by atoms with Crippen molar-refractivity contribution in [1.29, 1.82) is 0 Å². The molecule has 0 bridgehead atoms. The summed E-state index contributed by atoms with van der Waals surface area (Å²) in [5.41, 5.74) is 1.12. The van der Waals surface area contributed by atoms with Gasteiger partial charge in [-0.1, -0.05) is 23.7 Å². The first-order valence-electron chi connectivity index (χ1n) is 4.62. The highest BCUT2D eigenvalue weighted by atomic mass is 35.5. The van der Waals surface area contributed by atoms with Crippen LogP contribution in [0.5, 0.6) is 0 Å². The number of carbonyl (C=O) groups excluding carboxylic acids is 1. The Hall–Kier alpha value is -1.02. The van der Waals surface area contributed by atoms with E-state index in [-0.39, 0.29) is 18.0 Å². The van der Waals surface area contributed by atoms with Gasteiger partial charge in [0, 0.05) is 10.9 Å². The van der Waals surface area contributed by atoms with Gasteiger partial charge in [0.1, 0.15) is 6.10 Å². The first-order chi connectivity index (χ1) is 6.66. The Labute approximate surface area is 87.8 Å². The number of hydrogen-bond acceptors (Lipinski definition) is 2. The van der Waals surface area contributed by atoms with Gasteiger partial charge in [-0.15, -0.1) is 0 Å². The smallest absolute Gasteiger partial charge is 0.306 e. The Bertz CT molecular complexity index is 345. The van der Waals surface area contributed by atoms with Gasteiger partial charge in [0.05, 0.1) is 6.42 Å². The van der Waals surface area contributed by atoms with Gasteiger partial charge in [-0.05, 0) is 24.6 Å². The van der Waals surface area contributed by atoms with Crippen LogP contribution in [0.2, 0.25) is 5.02 Å². The lowest BCUT2D eigenvalue weighted by molar-refractivity contribution is -0.140. The average Bonchev–Trinajstić information content (AvgIpc) is 2.47. The summed E-state index contributed by atoms with van der Waals surface area (Å²) in [5.74, 6) is 0.0669. The predicted octanol–water partition coefficient (Wildman–Crippen LogP) is 2.76. The second-order valence-corrected chi connectivity index (χ2v) is 3.99. The van der Waals surface area contributed by atoms with E-state index in [0.717, 1.165) is 5.56 Å². The molecule has 14 heavy (non-hydrogen) atoms. The summed E-state index contributed by atoms with van der Waals surface area (Å²) in [6.45, 7) is 1.92. The maximum Gasteiger partial charge on any atom is 0.306 e. The summed E-state index contributed by atoms with van der Waals surface area (Å²) in [7, 11) is 0. The van der Waals surface area contributed by atoms with Crippen molar-refractivity contribution in [2.75, 3.05) is 0 Å². The van der Waals surface area contributed by atoms with E-state index in [0.29, 0.717) is 11.4 Å². The standard InChI is InChI=1S/C11H11ClO2/c1-7-10(6-11(13)14-7)8-2-4-9(12)5-3-8/h2-5,7,10H,6H2,1H3/t7-,10+/m1/s1. The fraction of sp³-hybridized carbons (Fsp3) is 0.364. The Balaban J connectivity index is 2.23. The largest absolute Gasteiger partial charge is 0.462 e. The van der Waals surface area contributed by atoms with Crippen LogP contribution >= 0.6 is 11.6 Å². The fourth-order valence-electron chi connectivity index (χ4n) is 1.78. The maximum absolute atomic E-state index is 11.1. The van der Waals surface area contributed by atoms with Crippen LogP contribution in [0.3, 0.4) is 0 Å². The summed E-state index contributed by atoms with van der Waals surface area (Å²) in [6.07, 6.45) is 0.451. The van der Waals surface area contributed by atoms with Crippen molar-refractivity contribution in [2.45, 2.75) is 25.4 Å². The monoisotopic (exact) mass is 210 g/mol. The van der Waals surface area contributed by atoms with Gasteiger partial charge in [0.2, 0.25) is 0 Å². The van der Waals surface area contributed by atoms with E-state index >= 15 is 0 Å². The van der Waals surface area contributed by atoms with Gasteiger partial charge >= 0.3 is 5.97 Å².